The van der Waals surface area contributed by atoms with Crippen molar-refractivity contribution in [1.29, 1.82) is 0 Å². The Bertz CT molecular complexity index is 722. The van der Waals surface area contributed by atoms with Crippen LogP contribution in [0.3, 0.4) is 0 Å². The first kappa shape index (κ1) is 15.3. The van der Waals surface area contributed by atoms with Crippen LogP contribution in [0, 0.1) is 0 Å². The first-order valence-electron chi connectivity index (χ1n) is 7.80. The minimum absolute atomic E-state index is 0.154. The maximum absolute atomic E-state index is 12.4. The Morgan fingerprint density at radius 2 is 1.70 bits per heavy atom. The monoisotopic (exact) mass is 309 g/mol. The van der Waals surface area contributed by atoms with Crippen LogP contribution in [-0.2, 0) is 24.2 Å². The van der Waals surface area contributed by atoms with Crippen LogP contribution in [0.4, 0.5) is 0 Å². The average molecular weight is 309 g/mol. The summed E-state index contributed by atoms with van der Waals surface area (Å²) in [6, 6.07) is 15.0. The van der Waals surface area contributed by atoms with Gasteiger partial charge in [0.25, 0.3) is 0 Å². The Morgan fingerprint density at radius 3 is 2.39 bits per heavy atom. The van der Waals surface area contributed by atoms with Gasteiger partial charge in [-0.25, -0.2) is 4.79 Å². The number of rotatable bonds is 4. The summed E-state index contributed by atoms with van der Waals surface area (Å²) < 4.78 is 0. The smallest absolute Gasteiger partial charge is 0.335 e. The first-order valence-corrected chi connectivity index (χ1v) is 7.80. The summed E-state index contributed by atoms with van der Waals surface area (Å²) in [5.74, 6) is -0.776. The molecule has 1 heterocycles. The molecular formula is C19H19NO3. The normalized spacial score (nSPS) is 13.5. The molecular weight excluding hydrogens is 290 g/mol. The first-order chi connectivity index (χ1) is 11.1. The molecule has 4 nitrogen and oxygen atoms in total. The fourth-order valence-electron chi connectivity index (χ4n) is 2.93. The second-order valence-electron chi connectivity index (χ2n) is 5.84. The van der Waals surface area contributed by atoms with Crippen LogP contribution in [0.25, 0.3) is 0 Å². The van der Waals surface area contributed by atoms with Crippen LogP contribution < -0.4 is 0 Å². The summed E-state index contributed by atoms with van der Waals surface area (Å²) in [7, 11) is 0. The van der Waals surface area contributed by atoms with Gasteiger partial charge < -0.3 is 10.0 Å². The van der Waals surface area contributed by atoms with Gasteiger partial charge in [0.1, 0.15) is 0 Å². The number of hydrogen-bond acceptors (Lipinski definition) is 2. The third-order valence-corrected chi connectivity index (χ3v) is 4.31. The van der Waals surface area contributed by atoms with Gasteiger partial charge in [0.05, 0.1) is 5.56 Å². The molecule has 0 fully saturated rings. The molecule has 0 unspecified atom stereocenters. The van der Waals surface area contributed by atoms with E-state index in [0.29, 0.717) is 19.4 Å². The molecule has 1 amide bonds. The van der Waals surface area contributed by atoms with E-state index in [1.165, 1.54) is 11.1 Å². The molecule has 0 atom stereocenters. The Hall–Kier alpha value is -2.62. The fourth-order valence-corrected chi connectivity index (χ4v) is 2.93. The van der Waals surface area contributed by atoms with Gasteiger partial charge in [-0.15, -0.1) is 0 Å². The van der Waals surface area contributed by atoms with Gasteiger partial charge in [-0.3, -0.25) is 4.79 Å². The molecule has 1 aliphatic heterocycles. The topological polar surface area (TPSA) is 57.6 Å². The van der Waals surface area contributed by atoms with Gasteiger partial charge >= 0.3 is 5.97 Å². The zero-order valence-corrected chi connectivity index (χ0v) is 12.9. The SMILES string of the molecule is O=C(O)c1ccc(CCC(=O)N2CCc3ccccc3C2)cc1. The molecule has 0 spiro atoms. The highest BCUT2D eigenvalue weighted by Gasteiger charge is 2.19. The van der Waals surface area contributed by atoms with Crippen molar-refractivity contribution in [2.45, 2.75) is 25.8 Å². The summed E-state index contributed by atoms with van der Waals surface area (Å²) in [5.41, 5.74) is 3.83. The van der Waals surface area contributed by atoms with Crippen LogP contribution in [0.5, 0.6) is 0 Å². The van der Waals surface area contributed by atoms with Crippen LogP contribution in [-0.4, -0.2) is 28.4 Å². The maximum Gasteiger partial charge on any atom is 0.335 e. The highest BCUT2D eigenvalue weighted by atomic mass is 16.4. The van der Waals surface area contributed by atoms with Crippen LogP contribution >= 0.6 is 0 Å². The largest absolute Gasteiger partial charge is 0.478 e. The number of aryl methyl sites for hydroxylation is 1. The van der Waals surface area contributed by atoms with E-state index in [-0.39, 0.29) is 11.5 Å². The second-order valence-corrected chi connectivity index (χ2v) is 5.84. The zero-order valence-electron chi connectivity index (χ0n) is 12.9. The van der Waals surface area contributed by atoms with Crippen molar-refractivity contribution >= 4 is 11.9 Å². The molecule has 2 aromatic rings. The lowest BCUT2D eigenvalue weighted by Gasteiger charge is -2.29. The van der Waals surface area contributed by atoms with Crippen molar-refractivity contribution in [2.75, 3.05) is 6.54 Å². The van der Waals surface area contributed by atoms with Crippen LogP contribution in [0.1, 0.15) is 33.5 Å². The molecule has 0 saturated heterocycles. The van der Waals surface area contributed by atoms with E-state index in [0.717, 1.165) is 18.5 Å². The molecule has 0 radical (unpaired) electrons. The molecule has 0 saturated carbocycles. The van der Waals surface area contributed by atoms with Gasteiger partial charge in [0, 0.05) is 19.5 Å². The van der Waals surface area contributed by atoms with Gasteiger partial charge in [-0.2, -0.15) is 0 Å². The van der Waals surface area contributed by atoms with Crippen molar-refractivity contribution < 1.29 is 14.7 Å². The van der Waals surface area contributed by atoms with Gasteiger partial charge in [-0.05, 0) is 41.7 Å². The van der Waals surface area contributed by atoms with E-state index in [4.69, 9.17) is 5.11 Å². The van der Waals surface area contributed by atoms with Crippen molar-refractivity contribution in [3.63, 3.8) is 0 Å². The highest BCUT2D eigenvalue weighted by Crippen LogP contribution is 2.19. The lowest BCUT2D eigenvalue weighted by molar-refractivity contribution is -0.132. The van der Waals surface area contributed by atoms with Crippen molar-refractivity contribution in [1.82, 2.24) is 4.90 Å². The lowest BCUT2D eigenvalue weighted by atomic mass is 9.99. The standard InChI is InChI=1S/C19H19NO3/c21-18(10-7-14-5-8-16(9-6-14)19(22)23)20-12-11-15-3-1-2-4-17(15)13-20/h1-6,8-9H,7,10-13H2,(H,22,23). The van der Waals surface area contributed by atoms with E-state index in [2.05, 4.69) is 12.1 Å². The number of benzene rings is 2. The predicted molar refractivity (Wildman–Crippen MR) is 87.3 cm³/mol. The number of hydrogen-bond donors (Lipinski definition) is 1. The Balaban J connectivity index is 1.57. The van der Waals surface area contributed by atoms with Gasteiger partial charge in [-0.1, -0.05) is 36.4 Å². The van der Waals surface area contributed by atoms with Gasteiger partial charge in [0.15, 0.2) is 0 Å². The summed E-state index contributed by atoms with van der Waals surface area (Å²) in [4.78, 5) is 25.1. The van der Waals surface area contributed by atoms with E-state index in [1.807, 2.05) is 17.0 Å². The molecule has 2 aromatic carbocycles. The Labute approximate surface area is 135 Å². The summed E-state index contributed by atoms with van der Waals surface area (Å²) in [6.45, 7) is 1.46. The van der Waals surface area contributed by atoms with Crippen LogP contribution in [0.15, 0.2) is 48.5 Å². The molecule has 4 heteroatoms. The van der Waals surface area contributed by atoms with E-state index >= 15 is 0 Å². The minimum atomic E-state index is -0.931. The molecule has 23 heavy (non-hydrogen) atoms. The highest BCUT2D eigenvalue weighted by molar-refractivity contribution is 5.87. The van der Waals surface area contributed by atoms with Crippen molar-refractivity contribution in [2.24, 2.45) is 0 Å². The quantitative estimate of drug-likeness (QED) is 0.945. The van der Waals surface area contributed by atoms with Gasteiger partial charge in [0.2, 0.25) is 5.91 Å². The van der Waals surface area contributed by atoms with Crippen molar-refractivity contribution in [3.05, 3.63) is 70.8 Å². The third kappa shape index (κ3) is 3.59. The molecule has 0 aliphatic carbocycles. The zero-order chi connectivity index (χ0) is 16.2. The number of nitrogens with zero attached hydrogens (tertiary/aromatic N) is 1. The summed E-state index contributed by atoms with van der Waals surface area (Å²) in [5, 5.41) is 8.88. The number of fused-ring (bicyclic) bond motifs is 1. The van der Waals surface area contributed by atoms with E-state index < -0.39 is 5.97 Å². The van der Waals surface area contributed by atoms with Crippen LogP contribution in [0.2, 0.25) is 0 Å². The summed E-state index contributed by atoms with van der Waals surface area (Å²) in [6.07, 6.45) is 2.00. The predicted octanol–water partition coefficient (Wildman–Crippen LogP) is 2.90. The number of carboxylic acids is 1. The third-order valence-electron chi connectivity index (χ3n) is 4.31. The van der Waals surface area contributed by atoms with Crippen molar-refractivity contribution in [3.8, 4) is 0 Å². The van der Waals surface area contributed by atoms with E-state index in [1.54, 1.807) is 24.3 Å². The molecule has 3 rings (SSSR count). The van der Waals surface area contributed by atoms with E-state index in [9.17, 15) is 9.59 Å². The Kier molecular flexibility index (Phi) is 4.42. The number of carbonyl (C=O) groups is 2. The number of carboxylic acid groups (broad SMARTS) is 1. The average Bonchev–Trinajstić information content (AvgIpc) is 2.59. The fraction of sp³-hybridized carbons (Fsp3) is 0.263. The molecule has 118 valence electrons. The minimum Gasteiger partial charge on any atom is -0.478 e. The lowest BCUT2D eigenvalue weighted by Crippen LogP contribution is -2.36. The number of aromatic carboxylic acids is 1. The second kappa shape index (κ2) is 6.65. The molecule has 0 aromatic heterocycles. The Morgan fingerprint density at radius 1 is 1.00 bits per heavy atom. The maximum atomic E-state index is 12.4. The summed E-state index contributed by atoms with van der Waals surface area (Å²) >= 11 is 0. The molecule has 1 aliphatic rings. The number of amides is 1. The molecule has 1 N–H and O–H groups in total. The molecule has 0 bridgehead atoms. The number of carbonyl (C=O) groups excluding carboxylic acids is 1.